The summed E-state index contributed by atoms with van der Waals surface area (Å²) in [6, 6.07) is 3.95. The maximum Gasteiger partial charge on any atom is 0.315 e. The minimum absolute atomic E-state index is 0.0564. The van der Waals surface area contributed by atoms with Crippen LogP contribution in [-0.4, -0.2) is 29.8 Å². The predicted molar refractivity (Wildman–Crippen MR) is 89.4 cm³/mol. The summed E-state index contributed by atoms with van der Waals surface area (Å²) >= 11 is 7.48. The lowest BCUT2D eigenvalue weighted by atomic mass is 9.85. The lowest BCUT2D eigenvalue weighted by Crippen LogP contribution is -2.51. The molecule has 1 aromatic heterocycles. The summed E-state index contributed by atoms with van der Waals surface area (Å²) < 4.78 is 0.777. The van der Waals surface area contributed by atoms with Gasteiger partial charge in [-0.1, -0.05) is 11.6 Å². The molecule has 2 saturated carbocycles. The number of amides is 2. The van der Waals surface area contributed by atoms with E-state index in [1.165, 1.54) is 17.7 Å². The molecule has 3 N–H and O–H groups in total. The predicted octanol–water partition coefficient (Wildman–Crippen LogP) is 3.04. The molecule has 3 rings (SSSR count). The molecule has 5 atom stereocenters. The molecule has 22 heavy (non-hydrogen) atoms. The van der Waals surface area contributed by atoms with E-state index in [1.54, 1.807) is 11.3 Å². The first-order chi connectivity index (χ1) is 10.6. The fourth-order valence-corrected chi connectivity index (χ4v) is 5.35. The van der Waals surface area contributed by atoms with E-state index in [2.05, 4.69) is 10.6 Å². The Morgan fingerprint density at radius 2 is 2.23 bits per heavy atom. The van der Waals surface area contributed by atoms with Crippen molar-refractivity contribution in [3.63, 3.8) is 0 Å². The van der Waals surface area contributed by atoms with Crippen LogP contribution in [0.1, 0.15) is 31.1 Å². The maximum absolute atomic E-state index is 12.2. The number of urea groups is 1. The van der Waals surface area contributed by atoms with Crippen molar-refractivity contribution in [2.24, 2.45) is 17.8 Å². The van der Waals surface area contributed by atoms with Gasteiger partial charge in [-0.05, 0) is 50.2 Å². The van der Waals surface area contributed by atoms with E-state index in [0.717, 1.165) is 17.2 Å². The molecule has 2 aliphatic carbocycles. The molecule has 6 heteroatoms. The standard InChI is InChI=1S/C16H23ClN2O2S/c1-9(6-12-4-5-14(17)22-12)18-16(21)19-15-11-3-2-10(7-11)13(15)8-20/h4-5,9-11,13,15,20H,2-3,6-8H2,1H3,(H2,18,19,21). The van der Waals surface area contributed by atoms with Gasteiger partial charge in [0.05, 0.1) is 4.34 Å². The Morgan fingerprint density at radius 1 is 1.45 bits per heavy atom. The number of carbonyl (C=O) groups excluding carboxylic acids is 1. The van der Waals surface area contributed by atoms with Crippen molar-refractivity contribution >= 4 is 29.0 Å². The Morgan fingerprint density at radius 3 is 2.91 bits per heavy atom. The van der Waals surface area contributed by atoms with Crippen LogP contribution < -0.4 is 10.6 Å². The first-order valence-electron chi connectivity index (χ1n) is 7.99. The number of hydrogen-bond acceptors (Lipinski definition) is 3. The molecular weight excluding hydrogens is 320 g/mol. The van der Waals surface area contributed by atoms with Gasteiger partial charge in [-0.2, -0.15) is 0 Å². The molecule has 5 unspecified atom stereocenters. The highest BCUT2D eigenvalue weighted by Crippen LogP contribution is 2.48. The van der Waals surface area contributed by atoms with Gasteiger partial charge in [0.2, 0.25) is 0 Å². The molecule has 0 spiro atoms. The highest BCUT2D eigenvalue weighted by atomic mass is 35.5. The smallest absolute Gasteiger partial charge is 0.315 e. The van der Waals surface area contributed by atoms with Crippen LogP contribution in [0.5, 0.6) is 0 Å². The van der Waals surface area contributed by atoms with Gasteiger partial charge >= 0.3 is 6.03 Å². The van der Waals surface area contributed by atoms with E-state index in [9.17, 15) is 9.90 Å². The van der Waals surface area contributed by atoms with Crippen LogP contribution in [0.25, 0.3) is 0 Å². The first-order valence-corrected chi connectivity index (χ1v) is 9.18. The number of thiophene rings is 1. The molecular formula is C16H23ClN2O2S. The summed E-state index contributed by atoms with van der Waals surface area (Å²) in [5, 5.41) is 15.7. The fraction of sp³-hybridized carbons (Fsp3) is 0.688. The second-order valence-electron chi connectivity index (χ2n) is 6.63. The lowest BCUT2D eigenvalue weighted by Gasteiger charge is -2.30. The Hall–Kier alpha value is -0.780. The summed E-state index contributed by atoms with van der Waals surface area (Å²) in [4.78, 5) is 13.4. The number of nitrogens with one attached hydrogen (secondary N) is 2. The number of aliphatic hydroxyl groups excluding tert-OH is 1. The van der Waals surface area contributed by atoms with Crippen molar-refractivity contribution in [1.29, 1.82) is 0 Å². The zero-order chi connectivity index (χ0) is 15.7. The summed E-state index contributed by atoms with van der Waals surface area (Å²) in [6.45, 7) is 2.17. The summed E-state index contributed by atoms with van der Waals surface area (Å²) in [6.07, 6.45) is 4.31. The fourth-order valence-electron chi connectivity index (χ4n) is 4.13. The second kappa shape index (κ2) is 6.77. The Labute approximate surface area is 140 Å². The molecule has 0 saturated heterocycles. The van der Waals surface area contributed by atoms with Gasteiger partial charge in [-0.3, -0.25) is 0 Å². The van der Waals surface area contributed by atoms with Crippen molar-refractivity contribution in [2.45, 2.75) is 44.7 Å². The summed E-state index contributed by atoms with van der Waals surface area (Å²) in [5.41, 5.74) is 0. The highest BCUT2D eigenvalue weighted by molar-refractivity contribution is 7.16. The molecule has 2 aliphatic rings. The van der Waals surface area contributed by atoms with Gasteiger partial charge in [0, 0.05) is 35.9 Å². The molecule has 4 nitrogen and oxygen atoms in total. The van der Waals surface area contributed by atoms with Crippen LogP contribution in [0.4, 0.5) is 4.79 Å². The van der Waals surface area contributed by atoms with Gasteiger partial charge in [0.1, 0.15) is 0 Å². The van der Waals surface area contributed by atoms with Crippen molar-refractivity contribution in [1.82, 2.24) is 10.6 Å². The van der Waals surface area contributed by atoms with E-state index >= 15 is 0 Å². The molecule has 0 aromatic carbocycles. The van der Waals surface area contributed by atoms with Crippen LogP contribution >= 0.6 is 22.9 Å². The van der Waals surface area contributed by atoms with Crippen LogP contribution in [0, 0.1) is 17.8 Å². The molecule has 2 fully saturated rings. The van der Waals surface area contributed by atoms with Gasteiger partial charge in [-0.25, -0.2) is 4.79 Å². The van der Waals surface area contributed by atoms with Gasteiger partial charge in [0.25, 0.3) is 0 Å². The Bertz CT molecular complexity index is 536. The number of fused-ring (bicyclic) bond motifs is 2. The van der Waals surface area contributed by atoms with Crippen LogP contribution in [-0.2, 0) is 6.42 Å². The molecule has 2 bridgehead atoms. The molecule has 122 valence electrons. The zero-order valence-electron chi connectivity index (χ0n) is 12.7. The van der Waals surface area contributed by atoms with E-state index in [4.69, 9.17) is 11.6 Å². The van der Waals surface area contributed by atoms with E-state index in [-0.39, 0.29) is 30.6 Å². The third-order valence-corrected chi connectivity index (χ3v) is 6.36. The molecule has 2 amide bonds. The van der Waals surface area contributed by atoms with Crippen molar-refractivity contribution in [3.8, 4) is 0 Å². The lowest BCUT2D eigenvalue weighted by molar-refractivity contribution is 0.144. The second-order valence-corrected chi connectivity index (χ2v) is 8.43. The Kier molecular flexibility index (Phi) is 4.95. The van der Waals surface area contributed by atoms with E-state index in [0.29, 0.717) is 11.8 Å². The number of halogens is 1. The average Bonchev–Trinajstić information content (AvgIpc) is 3.14. The normalized spacial score (nSPS) is 31.2. The summed E-state index contributed by atoms with van der Waals surface area (Å²) in [5.74, 6) is 1.36. The van der Waals surface area contributed by atoms with Crippen molar-refractivity contribution < 1.29 is 9.90 Å². The van der Waals surface area contributed by atoms with Crippen LogP contribution in [0.15, 0.2) is 12.1 Å². The average molecular weight is 343 g/mol. The number of rotatable bonds is 5. The third-order valence-electron chi connectivity index (χ3n) is 5.11. The largest absolute Gasteiger partial charge is 0.396 e. The quantitative estimate of drug-likeness (QED) is 0.770. The monoisotopic (exact) mass is 342 g/mol. The number of aliphatic hydroxyl groups is 1. The zero-order valence-corrected chi connectivity index (χ0v) is 14.3. The third kappa shape index (κ3) is 3.42. The van der Waals surface area contributed by atoms with Gasteiger partial charge in [0.15, 0.2) is 0 Å². The number of hydrogen-bond donors (Lipinski definition) is 3. The van der Waals surface area contributed by atoms with Gasteiger partial charge in [-0.15, -0.1) is 11.3 Å². The molecule has 1 heterocycles. The van der Waals surface area contributed by atoms with Crippen molar-refractivity contribution in [3.05, 3.63) is 21.3 Å². The molecule has 0 aliphatic heterocycles. The maximum atomic E-state index is 12.2. The minimum Gasteiger partial charge on any atom is -0.396 e. The van der Waals surface area contributed by atoms with Crippen LogP contribution in [0.3, 0.4) is 0 Å². The molecule has 1 aromatic rings. The van der Waals surface area contributed by atoms with E-state index in [1.807, 2.05) is 19.1 Å². The number of carbonyl (C=O) groups is 1. The van der Waals surface area contributed by atoms with Crippen LogP contribution in [0.2, 0.25) is 4.34 Å². The Balaban J connectivity index is 1.49. The van der Waals surface area contributed by atoms with Gasteiger partial charge < -0.3 is 15.7 Å². The SMILES string of the molecule is CC(Cc1ccc(Cl)s1)NC(=O)NC1C2CCC(C2)C1CO. The van der Waals surface area contributed by atoms with E-state index < -0.39 is 0 Å². The first kappa shape index (κ1) is 16.1. The van der Waals surface area contributed by atoms with Crippen molar-refractivity contribution in [2.75, 3.05) is 6.61 Å². The topological polar surface area (TPSA) is 61.4 Å². The minimum atomic E-state index is -0.119. The highest BCUT2D eigenvalue weighted by Gasteiger charge is 2.47. The molecule has 0 radical (unpaired) electrons. The summed E-state index contributed by atoms with van der Waals surface area (Å²) in [7, 11) is 0.